The van der Waals surface area contributed by atoms with Crippen LogP contribution in [0.1, 0.15) is 17.8 Å². The zero-order chi connectivity index (χ0) is 18.4. The molecule has 27 heavy (non-hydrogen) atoms. The molecule has 0 saturated heterocycles. The number of hydrogen-bond donors (Lipinski definition) is 0. The van der Waals surface area contributed by atoms with Gasteiger partial charge in [-0.25, -0.2) is 0 Å². The fourth-order valence-corrected chi connectivity index (χ4v) is 3.17. The van der Waals surface area contributed by atoms with Gasteiger partial charge < -0.3 is 14.0 Å². The molecule has 4 heterocycles. The van der Waals surface area contributed by atoms with E-state index in [1.807, 2.05) is 18.2 Å². The number of rotatable bonds is 2. The summed E-state index contributed by atoms with van der Waals surface area (Å²) in [4.78, 5) is 17.0. The standard InChI is InChI=1S/C18H16N6O3/c1-11-19-18-21-20-16-13(24(18)22-11)5-6-23(17(16)25)10-12-3-4-14-15(9-12)27-8-2-7-26-14/h3-6,9H,2,7-8,10H2,1H3. The molecule has 0 bridgehead atoms. The average Bonchev–Trinajstić information content (AvgIpc) is 2.90. The minimum atomic E-state index is -0.234. The molecule has 0 N–H and O–H groups in total. The fraction of sp³-hybridized carbons (Fsp3) is 0.278. The number of fused-ring (bicyclic) bond motifs is 4. The highest BCUT2D eigenvalue weighted by Crippen LogP contribution is 2.30. The van der Waals surface area contributed by atoms with Gasteiger partial charge in [0, 0.05) is 12.6 Å². The first kappa shape index (κ1) is 15.7. The van der Waals surface area contributed by atoms with E-state index in [1.54, 1.807) is 23.8 Å². The molecule has 3 aromatic heterocycles. The lowest BCUT2D eigenvalue weighted by Crippen LogP contribution is -2.22. The van der Waals surface area contributed by atoms with E-state index in [0.717, 1.165) is 17.7 Å². The van der Waals surface area contributed by atoms with Gasteiger partial charge in [0.15, 0.2) is 17.0 Å². The number of hydrogen-bond acceptors (Lipinski definition) is 7. The van der Waals surface area contributed by atoms with Crippen LogP contribution in [-0.2, 0) is 6.54 Å². The first-order valence-electron chi connectivity index (χ1n) is 8.67. The molecule has 0 fully saturated rings. The van der Waals surface area contributed by atoms with Gasteiger partial charge in [-0.15, -0.1) is 15.3 Å². The Morgan fingerprint density at radius 2 is 1.96 bits per heavy atom. The number of aryl methyl sites for hydroxylation is 1. The van der Waals surface area contributed by atoms with E-state index in [4.69, 9.17) is 9.47 Å². The number of pyridine rings is 1. The van der Waals surface area contributed by atoms with Gasteiger partial charge in [0.1, 0.15) is 11.3 Å². The maximum absolute atomic E-state index is 12.9. The summed E-state index contributed by atoms with van der Waals surface area (Å²) in [6, 6.07) is 7.52. The van der Waals surface area contributed by atoms with Crippen molar-refractivity contribution in [2.24, 2.45) is 0 Å². The lowest BCUT2D eigenvalue weighted by molar-refractivity contribution is 0.297. The van der Waals surface area contributed by atoms with Crippen LogP contribution in [0.4, 0.5) is 0 Å². The smallest absolute Gasteiger partial charge is 0.280 e. The Hall–Kier alpha value is -3.49. The summed E-state index contributed by atoms with van der Waals surface area (Å²) in [5.41, 5.74) is 1.54. The van der Waals surface area contributed by atoms with Gasteiger partial charge in [-0.2, -0.15) is 9.50 Å². The minimum absolute atomic E-state index is 0.234. The largest absolute Gasteiger partial charge is 0.490 e. The van der Waals surface area contributed by atoms with E-state index < -0.39 is 0 Å². The van der Waals surface area contributed by atoms with Crippen molar-refractivity contribution in [1.82, 2.24) is 29.4 Å². The van der Waals surface area contributed by atoms with Crippen molar-refractivity contribution in [1.29, 1.82) is 0 Å². The van der Waals surface area contributed by atoms with E-state index in [9.17, 15) is 4.79 Å². The molecule has 0 radical (unpaired) electrons. The Morgan fingerprint density at radius 1 is 1.11 bits per heavy atom. The number of ether oxygens (including phenoxy) is 2. The zero-order valence-electron chi connectivity index (χ0n) is 14.6. The van der Waals surface area contributed by atoms with Gasteiger partial charge >= 0.3 is 0 Å². The molecule has 0 amide bonds. The highest BCUT2D eigenvalue weighted by Gasteiger charge is 2.14. The molecule has 0 aliphatic carbocycles. The summed E-state index contributed by atoms with van der Waals surface area (Å²) < 4.78 is 14.5. The van der Waals surface area contributed by atoms with Gasteiger partial charge in [-0.1, -0.05) is 6.07 Å². The summed E-state index contributed by atoms with van der Waals surface area (Å²) in [7, 11) is 0. The van der Waals surface area contributed by atoms with Crippen LogP contribution in [0.25, 0.3) is 16.8 Å². The van der Waals surface area contributed by atoms with Crippen molar-refractivity contribution in [3.63, 3.8) is 0 Å². The Kier molecular flexibility index (Phi) is 3.52. The van der Waals surface area contributed by atoms with Gasteiger partial charge in [0.2, 0.25) is 0 Å². The van der Waals surface area contributed by atoms with Crippen LogP contribution in [0.15, 0.2) is 35.3 Å². The van der Waals surface area contributed by atoms with Gasteiger partial charge in [-0.05, 0) is 30.7 Å². The van der Waals surface area contributed by atoms with Crippen molar-refractivity contribution < 1.29 is 9.47 Å². The van der Waals surface area contributed by atoms with Crippen molar-refractivity contribution in [2.75, 3.05) is 13.2 Å². The Balaban J connectivity index is 1.56. The molecule has 9 heteroatoms. The lowest BCUT2D eigenvalue weighted by atomic mass is 10.2. The van der Waals surface area contributed by atoms with Crippen LogP contribution in [0.3, 0.4) is 0 Å². The van der Waals surface area contributed by atoms with Crippen molar-refractivity contribution >= 4 is 16.8 Å². The molecule has 4 aromatic rings. The monoisotopic (exact) mass is 364 g/mol. The lowest BCUT2D eigenvalue weighted by Gasteiger charge is -2.11. The molecule has 1 aliphatic rings. The maximum Gasteiger partial charge on any atom is 0.280 e. The highest BCUT2D eigenvalue weighted by molar-refractivity contribution is 5.74. The third kappa shape index (κ3) is 2.67. The van der Waals surface area contributed by atoms with Crippen molar-refractivity contribution in [2.45, 2.75) is 19.9 Å². The Morgan fingerprint density at radius 3 is 2.85 bits per heavy atom. The van der Waals surface area contributed by atoms with Crippen molar-refractivity contribution in [3.05, 3.63) is 52.2 Å². The maximum atomic E-state index is 12.9. The molecule has 9 nitrogen and oxygen atoms in total. The second kappa shape index (κ2) is 6.04. The predicted octanol–water partition coefficient (Wildman–Crippen LogP) is 1.35. The number of nitrogens with zero attached hydrogens (tertiary/aromatic N) is 6. The summed E-state index contributed by atoms with van der Waals surface area (Å²) in [6.07, 6.45) is 2.58. The fourth-order valence-electron chi connectivity index (χ4n) is 3.17. The molecule has 5 rings (SSSR count). The van der Waals surface area contributed by atoms with Gasteiger partial charge in [-0.3, -0.25) is 4.79 Å². The zero-order valence-corrected chi connectivity index (χ0v) is 14.6. The minimum Gasteiger partial charge on any atom is -0.490 e. The molecule has 0 spiro atoms. The first-order valence-corrected chi connectivity index (χ1v) is 8.67. The number of aromatic nitrogens is 6. The molecule has 136 valence electrons. The molecule has 0 saturated carbocycles. The Bertz CT molecular complexity index is 1230. The van der Waals surface area contributed by atoms with Crippen LogP contribution in [0.2, 0.25) is 0 Å². The third-order valence-corrected chi connectivity index (χ3v) is 4.45. The second-order valence-electron chi connectivity index (χ2n) is 6.39. The first-order chi connectivity index (χ1) is 13.2. The second-order valence-corrected chi connectivity index (χ2v) is 6.39. The summed E-state index contributed by atoms with van der Waals surface area (Å²) in [5.74, 6) is 2.39. The van der Waals surface area contributed by atoms with Crippen LogP contribution in [-0.4, -0.2) is 42.6 Å². The van der Waals surface area contributed by atoms with Crippen LogP contribution >= 0.6 is 0 Å². The normalized spacial score (nSPS) is 13.8. The quantitative estimate of drug-likeness (QED) is 0.530. The van der Waals surface area contributed by atoms with Crippen LogP contribution in [0, 0.1) is 6.92 Å². The van der Waals surface area contributed by atoms with Crippen LogP contribution < -0.4 is 15.0 Å². The third-order valence-electron chi connectivity index (χ3n) is 4.45. The molecular weight excluding hydrogens is 348 g/mol. The Labute approximate surface area is 153 Å². The van der Waals surface area contributed by atoms with E-state index in [0.29, 0.717) is 42.6 Å². The molecule has 0 unspecified atom stereocenters. The SMILES string of the molecule is Cc1nc2nnc3c(=O)n(Cc4ccc5c(c4)OCCCO5)ccc3n2n1. The van der Waals surface area contributed by atoms with Gasteiger partial charge in [0.05, 0.1) is 19.8 Å². The average molecular weight is 364 g/mol. The predicted molar refractivity (Wildman–Crippen MR) is 96.2 cm³/mol. The van der Waals surface area contributed by atoms with E-state index in [1.165, 1.54) is 4.52 Å². The topological polar surface area (TPSA) is 96.4 Å². The van der Waals surface area contributed by atoms with E-state index in [2.05, 4.69) is 20.3 Å². The summed E-state index contributed by atoms with van der Waals surface area (Å²) >= 11 is 0. The van der Waals surface area contributed by atoms with Gasteiger partial charge in [0.25, 0.3) is 11.3 Å². The molecule has 1 aromatic carbocycles. The highest BCUT2D eigenvalue weighted by atomic mass is 16.5. The van der Waals surface area contributed by atoms with E-state index in [-0.39, 0.29) is 11.1 Å². The van der Waals surface area contributed by atoms with Crippen molar-refractivity contribution in [3.8, 4) is 11.5 Å². The summed E-state index contributed by atoms with van der Waals surface area (Å²) in [6.45, 7) is 3.42. The molecule has 1 aliphatic heterocycles. The van der Waals surface area contributed by atoms with Crippen LogP contribution in [0.5, 0.6) is 11.5 Å². The number of benzene rings is 1. The van der Waals surface area contributed by atoms with E-state index >= 15 is 0 Å². The molecular formula is C18H16N6O3. The molecule has 0 atom stereocenters. The summed E-state index contributed by atoms with van der Waals surface area (Å²) in [5, 5.41) is 12.3.